The molecule has 5 nitrogen and oxygen atoms in total. The van der Waals surface area contributed by atoms with Crippen LogP contribution in [0.1, 0.15) is 5.69 Å². The minimum absolute atomic E-state index is 0.0664. The van der Waals surface area contributed by atoms with Gasteiger partial charge in [-0.25, -0.2) is 4.79 Å². The smallest absolute Gasteiger partial charge is 0.410 e. The number of amides is 1. The van der Waals surface area contributed by atoms with Crippen LogP contribution in [0.25, 0.3) is 0 Å². The number of carbonyl (C=O) groups is 1. The molecule has 0 aliphatic carbocycles. The Hall–Kier alpha value is -2.51. The lowest BCUT2D eigenvalue weighted by atomic mass is 10.3. The number of H-pyrrole nitrogens is 1. The molecule has 2 aromatic rings. The Labute approximate surface area is 111 Å². The van der Waals surface area contributed by atoms with Gasteiger partial charge in [-0.1, -0.05) is 18.2 Å². The van der Waals surface area contributed by atoms with Gasteiger partial charge in [0.2, 0.25) is 0 Å². The number of nitrogens with zero attached hydrogens (tertiary/aromatic N) is 1. The van der Waals surface area contributed by atoms with E-state index in [4.69, 9.17) is 4.74 Å². The molecule has 0 radical (unpaired) electrons. The first kappa shape index (κ1) is 13.9. The zero-order chi connectivity index (χ0) is 14.6. The summed E-state index contributed by atoms with van der Waals surface area (Å²) in [5, 5.41) is 7.92. The largest absolute Gasteiger partial charge is 0.417 e. The van der Waals surface area contributed by atoms with E-state index in [9.17, 15) is 18.0 Å². The van der Waals surface area contributed by atoms with Gasteiger partial charge in [-0.2, -0.15) is 18.3 Å². The maximum Gasteiger partial charge on any atom is 0.417 e. The first-order valence-corrected chi connectivity index (χ1v) is 5.57. The zero-order valence-corrected chi connectivity index (χ0v) is 10.1. The van der Waals surface area contributed by atoms with Crippen LogP contribution in [0.4, 0.5) is 23.7 Å². The van der Waals surface area contributed by atoms with Crippen molar-refractivity contribution in [2.45, 2.75) is 12.6 Å². The van der Waals surface area contributed by atoms with E-state index in [2.05, 4.69) is 15.5 Å². The fourth-order valence-electron chi connectivity index (χ4n) is 1.48. The minimum Gasteiger partial charge on any atom is -0.410 e. The molecule has 1 amide bonds. The molecule has 2 N–H and O–H groups in total. The molecule has 0 aliphatic heterocycles. The second-order valence-electron chi connectivity index (χ2n) is 3.87. The molecule has 1 heterocycles. The van der Waals surface area contributed by atoms with Crippen LogP contribution in [0.3, 0.4) is 0 Å². The van der Waals surface area contributed by atoms with E-state index in [1.165, 1.54) is 0 Å². The van der Waals surface area contributed by atoms with Crippen molar-refractivity contribution in [2.24, 2.45) is 0 Å². The fraction of sp³-hybridized carbons (Fsp3) is 0.167. The highest BCUT2D eigenvalue weighted by Crippen LogP contribution is 2.24. The second kappa shape index (κ2) is 5.64. The van der Waals surface area contributed by atoms with Crippen LogP contribution in [0, 0.1) is 0 Å². The number of rotatable bonds is 3. The number of carbonyl (C=O) groups excluding carboxylic acids is 1. The van der Waals surface area contributed by atoms with Crippen LogP contribution in [0.15, 0.2) is 36.5 Å². The third-order valence-corrected chi connectivity index (χ3v) is 2.28. The van der Waals surface area contributed by atoms with Crippen molar-refractivity contribution in [2.75, 3.05) is 5.32 Å². The lowest BCUT2D eigenvalue weighted by Gasteiger charge is -2.08. The molecular weight excluding hydrogens is 275 g/mol. The Balaban J connectivity index is 2.00. The number of nitrogens with one attached hydrogen (secondary N) is 2. The Bertz CT molecular complexity index is 581. The molecule has 1 aromatic heterocycles. The van der Waals surface area contributed by atoms with Crippen molar-refractivity contribution in [3.63, 3.8) is 0 Å². The van der Waals surface area contributed by atoms with Gasteiger partial charge in [-0.15, -0.1) is 0 Å². The molecule has 0 saturated carbocycles. The summed E-state index contributed by atoms with van der Waals surface area (Å²) in [6.45, 7) is 0. The lowest BCUT2D eigenvalue weighted by Crippen LogP contribution is -2.19. The topological polar surface area (TPSA) is 67.0 Å². The molecule has 0 saturated heterocycles. The SMILES string of the molecule is O=C(Nc1c[nH]nc1CC(F)(F)F)Oc1ccccc1. The summed E-state index contributed by atoms with van der Waals surface area (Å²) in [5.41, 5.74) is -0.370. The van der Waals surface area contributed by atoms with Gasteiger partial charge in [-0.05, 0) is 12.1 Å². The normalized spacial score (nSPS) is 11.2. The molecule has 106 valence electrons. The monoisotopic (exact) mass is 285 g/mol. The number of anilines is 1. The first-order valence-electron chi connectivity index (χ1n) is 5.57. The summed E-state index contributed by atoms with van der Waals surface area (Å²) >= 11 is 0. The van der Waals surface area contributed by atoms with Crippen LogP contribution >= 0.6 is 0 Å². The van der Waals surface area contributed by atoms with Crippen molar-refractivity contribution in [3.8, 4) is 5.75 Å². The van der Waals surface area contributed by atoms with Gasteiger partial charge in [0.25, 0.3) is 0 Å². The number of alkyl halides is 3. The molecule has 1 aromatic carbocycles. The van der Waals surface area contributed by atoms with E-state index < -0.39 is 18.7 Å². The molecule has 0 aliphatic rings. The predicted octanol–water partition coefficient (Wildman–Crippen LogP) is 3.13. The van der Waals surface area contributed by atoms with Crippen molar-refractivity contribution < 1.29 is 22.7 Å². The molecule has 8 heteroatoms. The van der Waals surface area contributed by atoms with Crippen molar-refractivity contribution in [1.29, 1.82) is 0 Å². The molecule has 2 rings (SSSR count). The van der Waals surface area contributed by atoms with Crippen molar-refractivity contribution >= 4 is 11.8 Å². The Morgan fingerprint density at radius 3 is 2.65 bits per heavy atom. The van der Waals surface area contributed by atoms with Crippen LogP contribution in [-0.4, -0.2) is 22.5 Å². The predicted molar refractivity (Wildman–Crippen MR) is 64.4 cm³/mol. The standard InChI is InChI=1S/C12H10F3N3O2/c13-12(14,15)6-9-10(7-16-18-9)17-11(19)20-8-4-2-1-3-5-8/h1-5,7H,6H2,(H,16,18)(H,17,19). The summed E-state index contributed by atoms with van der Waals surface area (Å²) in [6.07, 6.45) is -5.37. The summed E-state index contributed by atoms with van der Waals surface area (Å²) < 4.78 is 41.8. The lowest BCUT2D eigenvalue weighted by molar-refractivity contribution is -0.127. The van der Waals surface area contributed by atoms with Gasteiger partial charge in [0.05, 0.1) is 17.8 Å². The molecule has 20 heavy (non-hydrogen) atoms. The number of hydrogen-bond donors (Lipinski definition) is 2. The Morgan fingerprint density at radius 1 is 1.30 bits per heavy atom. The highest BCUT2D eigenvalue weighted by Gasteiger charge is 2.30. The fourth-order valence-corrected chi connectivity index (χ4v) is 1.48. The molecule has 0 atom stereocenters. The zero-order valence-electron chi connectivity index (χ0n) is 10.1. The van der Waals surface area contributed by atoms with E-state index in [-0.39, 0.29) is 17.1 Å². The summed E-state index contributed by atoms with van der Waals surface area (Å²) in [4.78, 5) is 11.5. The van der Waals surface area contributed by atoms with Gasteiger partial charge in [-0.3, -0.25) is 10.4 Å². The van der Waals surface area contributed by atoms with E-state index in [0.717, 1.165) is 6.20 Å². The number of benzene rings is 1. The Kier molecular flexibility index (Phi) is 3.92. The van der Waals surface area contributed by atoms with E-state index >= 15 is 0 Å². The minimum atomic E-state index is -4.41. The number of aromatic nitrogens is 2. The number of aromatic amines is 1. The summed E-state index contributed by atoms with van der Waals surface area (Å²) in [7, 11) is 0. The second-order valence-corrected chi connectivity index (χ2v) is 3.87. The molecular formula is C12H10F3N3O2. The average molecular weight is 285 g/mol. The highest BCUT2D eigenvalue weighted by atomic mass is 19.4. The maximum absolute atomic E-state index is 12.3. The number of halogens is 3. The number of ether oxygens (including phenoxy) is 1. The third-order valence-electron chi connectivity index (χ3n) is 2.28. The van der Waals surface area contributed by atoms with E-state index in [0.29, 0.717) is 0 Å². The Morgan fingerprint density at radius 2 is 2.00 bits per heavy atom. The van der Waals surface area contributed by atoms with Gasteiger partial charge in [0.1, 0.15) is 5.75 Å². The van der Waals surface area contributed by atoms with Crippen LogP contribution < -0.4 is 10.1 Å². The van der Waals surface area contributed by atoms with Crippen molar-refractivity contribution in [1.82, 2.24) is 10.2 Å². The van der Waals surface area contributed by atoms with Crippen LogP contribution in [0.5, 0.6) is 5.75 Å². The highest BCUT2D eigenvalue weighted by molar-refractivity contribution is 5.86. The molecule has 0 fully saturated rings. The number of para-hydroxylation sites is 1. The van der Waals surface area contributed by atoms with E-state index in [1.807, 2.05) is 0 Å². The number of hydrogen-bond acceptors (Lipinski definition) is 3. The quantitative estimate of drug-likeness (QED) is 0.910. The average Bonchev–Trinajstić information content (AvgIpc) is 2.75. The molecule has 0 spiro atoms. The molecule has 0 unspecified atom stereocenters. The van der Waals surface area contributed by atoms with Crippen LogP contribution in [-0.2, 0) is 6.42 Å². The van der Waals surface area contributed by atoms with Gasteiger partial charge >= 0.3 is 12.3 Å². The maximum atomic E-state index is 12.3. The van der Waals surface area contributed by atoms with Crippen LogP contribution in [0.2, 0.25) is 0 Å². The van der Waals surface area contributed by atoms with Gasteiger partial charge in [0.15, 0.2) is 0 Å². The molecule has 0 bridgehead atoms. The van der Waals surface area contributed by atoms with E-state index in [1.54, 1.807) is 30.3 Å². The van der Waals surface area contributed by atoms with Crippen molar-refractivity contribution in [3.05, 3.63) is 42.2 Å². The summed E-state index contributed by atoms with van der Waals surface area (Å²) in [5.74, 6) is 0.283. The van der Waals surface area contributed by atoms with Gasteiger partial charge in [0, 0.05) is 6.20 Å². The van der Waals surface area contributed by atoms with Gasteiger partial charge < -0.3 is 4.74 Å². The first-order chi connectivity index (χ1) is 9.44. The summed E-state index contributed by atoms with van der Waals surface area (Å²) in [6, 6.07) is 8.16. The third kappa shape index (κ3) is 4.01.